The van der Waals surface area contributed by atoms with E-state index in [0.29, 0.717) is 0 Å². The second-order valence-corrected chi connectivity index (χ2v) is 6.16. The van der Waals surface area contributed by atoms with Crippen molar-refractivity contribution in [1.29, 1.82) is 0 Å². The summed E-state index contributed by atoms with van der Waals surface area (Å²) < 4.78 is 7.37. The summed E-state index contributed by atoms with van der Waals surface area (Å²) in [6, 6.07) is 8.06. The van der Waals surface area contributed by atoms with Crippen molar-refractivity contribution >= 4 is 29.9 Å². The van der Waals surface area contributed by atoms with Crippen LogP contribution in [0.5, 0.6) is 5.75 Å². The number of hydrogen-bond acceptors (Lipinski definition) is 3. The normalized spacial score (nSPS) is 11.1. The molecule has 1 N–H and O–H groups in total. The predicted octanol–water partition coefficient (Wildman–Crippen LogP) is 2.91. The molecule has 0 spiro atoms. The van der Waals surface area contributed by atoms with E-state index in [1.165, 1.54) is 11.3 Å². The third-order valence-corrected chi connectivity index (χ3v) is 4.49. The number of para-hydroxylation sites is 1. The standard InChI is InChI=1S/C19H29N5O.HI/c1-14-17(15(2)24(5)22-14)11-12-21-19(20-3)23(4)13-16-9-7-8-10-18(16)25-6;/h7-10H,11-13H2,1-6H3,(H,20,21);1H. The Kier molecular flexibility index (Phi) is 8.91. The Hall–Kier alpha value is -1.77. The Morgan fingerprint density at radius 3 is 2.58 bits per heavy atom. The molecule has 2 aromatic rings. The van der Waals surface area contributed by atoms with Gasteiger partial charge in [-0.05, 0) is 31.9 Å². The van der Waals surface area contributed by atoms with Crippen molar-refractivity contribution < 1.29 is 4.74 Å². The van der Waals surface area contributed by atoms with Gasteiger partial charge in [0.1, 0.15) is 5.75 Å². The number of aryl methyl sites for hydroxylation is 2. The highest BCUT2D eigenvalue weighted by atomic mass is 127. The lowest BCUT2D eigenvalue weighted by atomic mass is 10.1. The molecule has 0 aliphatic rings. The third kappa shape index (κ3) is 5.36. The highest BCUT2D eigenvalue weighted by Gasteiger charge is 2.12. The van der Waals surface area contributed by atoms with Gasteiger partial charge in [-0.15, -0.1) is 24.0 Å². The van der Waals surface area contributed by atoms with Gasteiger partial charge < -0.3 is 15.0 Å². The number of nitrogens with one attached hydrogen (secondary N) is 1. The smallest absolute Gasteiger partial charge is 0.193 e. The molecule has 26 heavy (non-hydrogen) atoms. The fourth-order valence-electron chi connectivity index (χ4n) is 3.03. The van der Waals surface area contributed by atoms with Crippen molar-refractivity contribution in [3.05, 3.63) is 46.8 Å². The average Bonchev–Trinajstić information content (AvgIpc) is 2.84. The van der Waals surface area contributed by atoms with Crippen LogP contribution in [0.3, 0.4) is 0 Å². The Morgan fingerprint density at radius 2 is 2.00 bits per heavy atom. The zero-order valence-corrected chi connectivity index (χ0v) is 18.9. The van der Waals surface area contributed by atoms with E-state index in [-0.39, 0.29) is 24.0 Å². The van der Waals surface area contributed by atoms with Gasteiger partial charge in [-0.2, -0.15) is 5.10 Å². The van der Waals surface area contributed by atoms with Gasteiger partial charge in [0, 0.05) is 45.5 Å². The molecule has 1 heterocycles. The highest BCUT2D eigenvalue weighted by Crippen LogP contribution is 2.18. The number of ether oxygens (including phenoxy) is 1. The molecule has 144 valence electrons. The minimum absolute atomic E-state index is 0. The van der Waals surface area contributed by atoms with Gasteiger partial charge in [0.25, 0.3) is 0 Å². The fraction of sp³-hybridized carbons (Fsp3) is 0.474. The lowest BCUT2D eigenvalue weighted by molar-refractivity contribution is 0.396. The van der Waals surface area contributed by atoms with Crippen molar-refractivity contribution in [3.8, 4) is 5.75 Å². The first kappa shape index (κ1) is 22.3. The maximum absolute atomic E-state index is 5.43. The van der Waals surface area contributed by atoms with E-state index in [2.05, 4.69) is 40.2 Å². The number of methoxy groups -OCH3 is 1. The molecule has 6 nitrogen and oxygen atoms in total. The summed E-state index contributed by atoms with van der Waals surface area (Å²) in [4.78, 5) is 6.49. The Morgan fingerprint density at radius 1 is 1.31 bits per heavy atom. The van der Waals surface area contributed by atoms with E-state index < -0.39 is 0 Å². The molecule has 0 aliphatic heterocycles. The first-order valence-electron chi connectivity index (χ1n) is 8.50. The molecule has 0 fully saturated rings. The van der Waals surface area contributed by atoms with E-state index in [1.807, 2.05) is 44.0 Å². The maximum atomic E-state index is 5.43. The van der Waals surface area contributed by atoms with E-state index in [0.717, 1.165) is 42.5 Å². The highest BCUT2D eigenvalue weighted by molar-refractivity contribution is 14.0. The largest absolute Gasteiger partial charge is 0.496 e. The summed E-state index contributed by atoms with van der Waals surface area (Å²) in [6.07, 6.45) is 0.924. The number of benzene rings is 1. The summed E-state index contributed by atoms with van der Waals surface area (Å²) in [6.45, 7) is 5.72. The van der Waals surface area contributed by atoms with Gasteiger partial charge in [0.15, 0.2) is 5.96 Å². The van der Waals surface area contributed by atoms with Crippen molar-refractivity contribution in [2.45, 2.75) is 26.8 Å². The van der Waals surface area contributed by atoms with E-state index in [1.54, 1.807) is 7.11 Å². The van der Waals surface area contributed by atoms with Gasteiger partial charge in [0.05, 0.1) is 12.8 Å². The summed E-state index contributed by atoms with van der Waals surface area (Å²) in [5, 5.41) is 7.91. The molecule has 1 aromatic carbocycles. The van der Waals surface area contributed by atoms with Crippen molar-refractivity contribution in [1.82, 2.24) is 20.0 Å². The van der Waals surface area contributed by atoms with Crippen LogP contribution < -0.4 is 10.1 Å². The lowest BCUT2D eigenvalue weighted by Crippen LogP contribution is -2.39. The molecular weight excluding hydrogens is 441 g/mol. The van der Waals surface area contributed by atoms with Gasteiger partial charge in [-0.25, -0.2) is 0 Å². The monoisotopic (exact) mass is 471 g/mol. The molecule has 0 radical (unpaired) electrons. The van der Waals surface area contributed by atoms with Gasteiger partial charge >= 0.3 is 0 Å². The molecule has 0 aliphatic carbocycles. The molecule has 0 atom stereocenters. The van der Waals surface area contributed by atoms with Crippen LogP contribution in [0.2, 0.25) is 0 Å². The first-order valence-corrected chi connectivity index (χ1v) is 8.50. The second-order valence-electron chi connectivity index (χ2n) is 6.16. The molecule has 0 unspecified atom stereocenters. The molecule has 0 saturated carbocycles. The SMILES string of the molecule is CN=C(NCCc1c(C)nn(C)c1C)N(C)Cc1ccccc1OC.I. The quantitative estimate of drug-likeness (QED) is 0.400. The van der Waals surface area contributed by atoms with Crippen LogP contribution in [0.1, 0.15) is 22.5 Å². The van der Waals surface area contributed by atoms with Crippen LogP contribution in [-0.4, -0.2) is 48.4 Å². The zero-order valence-electron chi connectivity index (χ0n) is 16.5. The maximum Gasteiger partial charge on any atom is 0.193 e. The summed E-state index contributed by atoms with van der Waals surface area (Å²) in [5.74, 6) is 1.76. The van der Waals surface area contributed by atoms with E-state index in [4.69, 9.17) is 4.74 Å². The number of aromatic nitrogens is 2. The van der Waals surface area contributed by atoms with E-state index >= 15 is 0 Å². The number of hydrogen-bond donors (Lipinski definition) is 1. The lowest BCUT2D eigenvalue weighted by Gasteiger charge is -2.23. The number of rotatable bonds is 6. The minimum atomic E-state index is 0. The number of halogens is 1. The van der Waals surface area contributed by atoms with Crippen LogP contribution in [-0.2, 0) is 20.0 Å². The molecule has 2 rings (SSSR count). The molecule has 0 bridgehead atoms. The fourth-order valence-corrected chi connectivity index (χ4v) is 3.03. The zero-order chi connectivity index (χ0) is 18.4. The minimum Gasteiger partial charge on any atom is -0.496 e. The molecule has 7 heteroatoms. The van der Waals surface area contributed by atoms with Crippen LogP contribution in [0.15, 0.2) is 29.3 Å². The second kappa shape index (κ2) is 10.4. The Balaban J connectivity index is 0.00000338. The van der Waals surface area contributed by atoms with Crippen molar-refractivity contribution in [3.63, 3.8) is 0 Å². The van der Waals surface area contributed by atoms with Gasteiger partial charge in [-0.1, -0.05) is 18.2 Å². The number of nitrogens with zero attached hydrogens (tertiary/aromatic N) is 4. The predicted molar refractivity (Wildman–Crippen MR) is 118 cm³/mol. The van der Waals surface area contributed by atoms with Crippen LogP contribution in [0.4, 0.5) is 0 Å². The molecule has 1 aromatic heterocycles. The Labute approximate surface area is 173 Å². The molecule has 0 saturated heterocycles. The van der Waals surface area contributed by atoms with Gasteiger partial charge in [0.2, 0.25) is 0 Å². The van der Waals surface area contributed by atoms with Crippen LogP contribution in [0.25, 0.3) is 0 Å². The van der Waals surface area contributed by atoms with E-state index in [9.17, 15) is 0 Å². The number of guanidine groups is 1. The average molecular weight is 471 g/mol. The topological polar surface area (TPSA) is 54.7 Å². The summed E-state index contributed by atoms with van der Waals surface area (Å²) in [7, 11) is 7.52. The van der Waals surface area contributed by atoms with Crippen molar-refractivity contribution in [2.75, 3.05) is 27.7 Å². The van der Waals surface area contributed by atoms with Crippen molar-refractivity contribution in [2.24, 2.45) is 12.0 Å². The van der Waals surface area contributed by atoms with Crippen LogP contribution in [0, 0.1) is 13.8 Å². The third-order valence-electron chi connectivity index (χ3n) is 4.49. The van der Waals surface area contributed by atoms with Gasteiger partial charge in [-0.3, -0.25) is 9.67 Å². The summed E-state index contributed by atoms with van der Waals surface area (Å²) >= 11 is 0. The molecular formula is C19H30IN5O. The summed E-state index contributed by atoms with van der Waals surface area (Å²) in [5.41, 5.74) is 4.75. The number of aliphatic imine (C=N–C) groups is 1. The first-order chi connectivity index (χ1) is 12.0. The molecule has 0 amide bonds. The van der Waals surface area contributed by atoms with Crippen LogP contribution >= 0.6 is 24.0 Å². The Bertz CT molecular complexity index is 742.